The lowest BCUT2D eigenvalue weighted by atomic mass is 9.86. The van der Waals surface area contributed by atoms with Gasteiger partial charge in [0.05, 0.1) is 22.5 Å². The van der Waals surface area contributed by atoms with Gasteiger partial charge in [0.15, 0.2) is 0 Å². The zero-order valence-corrected chi connectivity index (χ0v) is 10.7. The van der Waals surface area contributed by atoms with Gasteiger partial charge in [-0.15, -0.1) is 23.1 Å². The summed E-state index contributed by atoms with van der Waals surface area (Å²) in [4.78, 5) is 0. The van der Waals surface area contributed by atoms with Crippen molar-refractivity contribution in [1.82, 2.24) is 0 Å². The quantitative estimate of drug-likeness (QED) is 0.811. The van der Waals surface area contributed by atoms with Gasteiger partial charge in [0.2, 0.25) is 0 Å². The van der Waals surface area contributed by atoms with Gasteiger partial charge < -0.3 is 9.84 Å². The van der Waals surface area contributed by atoms with Crippen molar-refractivity contribution in [2.45, 2.75) is 35.7 Å². The summed E-state index contributed by atoms with van der Waals surface area (Å²) < 4.78 is 6.73. The maximum absolute atomic E-state index is 10.5. The first-order valence-electron chi connectivity index (χ1n) is 5.11. The van der Waals surface area contributed by atoms with Crippen LogP contribution in [0.3, 0.4) is 0 Å². The Kier molecular flexibility index (Phi) is 3.40. The minimum atomic E-state index is -0.665. The summed E-state index contributed by atoms with van der Waals surface area (Å²) in [6.07, 6.45) is 3.63. The Bertz CT molecular complexity index is 337. The Morgan fingerprint density at radius 1 is 1.67 bits per heavy atom. The van der Waals surface area contributed by atoms with Crippen molar-refractivity contribution in [1.29, 1.82) is 0 Å². The molecule has 1 saturated heterocycles. The molecule has 0 unspecified atom stereocenters. The first kappa shape index (κ1) is 11.5. The third kappa shape index (κ3) is 2.38. The maximum Gasteiger partial charge on any atom is 0.0951 e. The van der Waals surface area contributed by atoms with Gasteiger partial charge in [0, 0.05) is 12.8 Å². The number of hydrogen-bond donors (Lipinski definition) is 1. The number of hydrogen-bond acceptors (Lipinski definition) is 4. The molecule has 0 amide bonds. The highest BCUT2D eigenvalue weighted by Gasteiger charge is 2.35. The van der Waals surface area contributed by atoms with Gasteiger partial charge in [-0.25, -0.2) is 0 Å². The summed E-state index contributed by atoms with van der Waals surface area (Å²) in [5.74, 6) is 0. The Morgan fingerprint density at radius 2 is 2.47 bits per heavy atom. The van der Waals surface area contributed by atoms with E-state index in [9.17, 15) is 5.11 Å². The fourth-order valence-electron chi connectivity index (χ4n) is 2.00. The molecule has 2 heterocycles. The predicted molar refractivity (Wildman–Crippen MR) is 64.6 cm³/mol. The summed E-state index contributed by atoms with van der Waals surface area (Å²) in [5, 5.41) is 12.6. The molecular weight excluding hydrogens is 228 g/mol. The Hall–Kier alpha value is -0.0300. The summed E-state index contributed by atoms with van der Waals surface area (Å²) in [7, 11) is 0. The Morgan fingerprint density at radius 3 is 3.07 bits per heavy atom. The molecule has 2 nitrogen and oxygen atoms in total. The summed E-state index contributed by atoms with van der Waals surface area (Å²) in [6, 6.07) is 2.10. The molecule has 15 heavy (non-hydrogen) atoms. The molecule has 0 radical (unpaired) electrons. The molecule has 4 heteroatoms. The van der Waals surface area contributed by atoms with E-state index in [2.05, 4.69) is 17.7 Å². The van der Waals surface area contributed by atoms with Gasteiger partial charge >= 0.3 is 0 Å². The fraction of sp³-hybridized carbons (Fsp3) is 0.636. The molecule has 1 aliphatic heterocycles. The highest BCUT2D eigenvalue weighted by molar-refractivity contribution is 8.00. The van der Waals surface area contributed by atoms with Gasteiger partial charge in [-0.2, -0.15) is 0 Å². The highest BCUT2D eigenvalue weighted by Crippen LogP contribution is 2.38. The SMILES string of the molecule is CSc1cc([C@]2(O)CCO[C@@H](C)C2)cs1. The van der Waals surface area contributed by atoms with Crippen LogP contribution < -0.4 is 0 Å². The zero-order valence-electron chi connectivity index (χ0n) is 9.03. The minimum Gasteiger partial charge on any atom is -0.385 e. The second kappa shape index (κ2) is 4.45. The second-order valence-corrected chi connectivity index (χ2v) is 6.04. The third-order valence-corrected chi connectivity index (χ3v) is 4.89. The van der Waals surface area contributed by atoms with Gasteiger partial charge in [-0.05, 0) is 30.2 Å². The van der Waals surface area contributed by atoms with Crippen molar-refractivity contribution in [3.63, 3.8) is 0 Å². The molecule has 2 rings (SSSR count). The van der Waals surface area contributed by atoms with Crippen LogP contribution in [-0.2, 0) is 10.3 Å². The van der Waals surface area contributed by atoms with Crippen molar-refractivity contribution in [2.75, 3.05) is 12.9 Å². The Balaban J connectivity index is 2.20. The van der Waals surface area contributed by atoms with E-state index in [1.807, 2.05) is 6.92 Å². The molecule has 0 aromatic carbocycles. The third-order valence-electron chi connectivity index (χ3n) is 2.86. The molecule has 0 saturated carbocycles. The van der Waals surface area contributed by atoms with Crippen LogP contribution in [0.2, 0.25) is 0 Å². The van der Waals surface area contributed by atoms with Crippen LogP contribution in [0.1, 0.15) is 25.3 Å². The van der Waals surface area contributed by atoms with Gasteiger partial charge in [0.25, 0.3) is 0 Å². The monoisotopic (exact) mass is 244 g/mol. The molecule has 1 aromatic rings. The van der Waals surface area contributed by atoms with Crippen LogP contribution in [0.4, 0.5) is 0 Å². The minimum absolute atomic E-state index is 0.154. The molecule has 84 valence electrons. The first-order chi connectivity index (χ1) is 7.14. The van der Waals surface area contributed by atoms with Crippen molar-refractivity contribution in [3.8, 4) is 0 Å². The van der Waals surface area contributed by atoms with E-state index >= 15 is 0 Å². The van der Waals surface area contributed by atoms with E-state index in [4.69, 9.17) is 4.74 Å². The lowest BCUT2D eigenvalue weighted by Gasteiger charge is -2.35. The lowest BCUT2D eigenvalue weighted by molar-refractivity contribution is -0.101. The number of rotatable bonds is 2. The van der Waals surface area contributed by atoms with E-state index in [1.165, 1.54) is 4.21 Å². The van der Waals surface area contributed by atoms with Crippen LogP contribution in [-0.4, -0.2) is 24.1 Å². The predicted octanol–water partition coefficient (Wildman–Crippen LogP) is 2.86. The van der Waals surface area contributed by atoms with Crippen LogP contribution >= 0.6 is 23.1 Å². The van der Waals surface area contributed by atoms with Crippen LogP contribution in [0, 0.1) is 0 Å². The first-order valence-corrected chi connectivity index (χ1v) is 7.21. The van der Waals surface area contributed by atoms with Crippen LogP contribution in [0.15, 0.2) is 15.7 Å². The molecule has 1 N–H and O–H groups in total. The van der Waals surface area contributed by atoms with Crippen molar-refractivity contribution in [2.24, 2.45) is 0 Å². The van der Waals surface area contributed by atoms with Gasteiger partial charge in [-0.1, -0.05) is 0 Å². The number of thioether (sulfide) groups is 1. The zero-order chi connectivity index (χ0) is 10.9. The van der Waals surface area contributed by atoms with Crippen molar-refractivity contribution >= 4 is 23.1 Å². The smallest absolute Gasteiger partial charge is 0.0951 e. The summed E-state index contributed by atoms with van der Waals surface area (Å²) >= 11 is 3.43. The van der Waals surface area contributed by atoms with E-state index in [1.54, 1.807) is 23.1 Å². The number of ether oxygens (including phenoxy) is 1. The van der Waals surface area contributed by atoms with Gasteiger partial charge in [-0.3, -0.25) is 0 Å². The van der Waals surface area contributed by atoms with E-state index in [0.717, 1.165) is 5.56 Å². The molecule has 2 atom stereocenters. The van der Waals surface area contributed by atoms with Crippen molar-refractivity contribution in [3.05, 3.63) is 17.0 Å². The highest BCUT2D eigenvalue weighted by atomic mass is 32.2. The van der Waals surface area contributed by atoms with Crippen LogP contribution in [0.25, 0.3) is 0 Å². The topological polar surface area (TPSA) is 29.5 Å². The standard InChI is InChI=1S/C11H16O2S2/c1-8-6-11(12,3-4-13-8)9-5-10(14-2)15-7-9/h5,7-8,12H,3-4,6H2,1-2H3/t8-,11-/m0/s1. The van der Waals surface area contributed by atoms with Crippen molar-refractivity contribution < 1.29 is 9.84 Å². The normalized spacial score (nSPS) is 31.8. The molecule has 0 aliphatic carbocycles. The molecule has 0 spiro atoms. The summed E-state index contributed by atoms with van der Waals surface area (Å²) in [5.41, 5.74) is 0.398. The Labute approximate surface area is 98.7 Å². The molecule has 1 aliphatic rings. The second-order valence-electron chi connectivity index (χ2n) is 4.03. The molecule has 1 fully saturated rings. The van der Waals surface area contributed by atoms with E-state index in [-0.39, 0.29) is 6.10 Å². The number of aliphatic hydroxyl groups is 1. The van der Waals surface area contributed by atoms with E-state index in [0.29, 0.717) is 19.4 Å². The average Bonchev–Trinajstić information content (AvgIpc) is 2.66. The number of thiophene rings is 1. The molecular formula is C11H16O2S2. The molecule has 0 bridgehead atoms. The molecule has 1 aromatic heterocycles. The summed E-state index contributed by atoms with van der Waals surface area (Å²) in [6.45, 7) is 2.67. The lowest BCUT2D eigenvalue weighted by Crippen LogP contribution is -2.37. The largest absolute Gasteiger partial charge is 0.385 e. The van der Waals surface area contributed by atoms with Crippen LogP contribution in [0.5, 0.6) is 0 Å². The average molecular weight is 244 g/mol. The van der Waals surface area contributed by atoms with E-state index < -0.39 is 5.60 Å². The maximum atomic E-state index is 10.5. The van der Waals surface area contributed by atoms with Gasteiger partial charge in [0.1, 0.15) is 0 Å². The fourth-order valence-corrected chi connectivity index (χ4v) is 3.49.